The summed E-state index contributed by atoms with van der Waals surface area (Å²) >= 11 is 0. The Morgan fingerprint density at radius 3 is 1.85 bits per heavy atom. The summed E-state index contributed by atoms with van der Waals surface area (Å²) in [5.41, 5.74) is 3.67. The van der Waals surface area contributed by atoms with Crippen LogP contribution in [0.1, 0.15) is 0 Å². The van der Waals surface area contributed by atoms with Crippen LogP contribution in [0.3, 0.4) is 0 Å². The van der Waals surface area contributed by atoms with E-state index in [-0.39, 0.29) is 0 Å². The molecule has 0 unspecified atom stereocenters. The molecule has 0 spiro atoms. The van der Waals surface area contributed by atoms with Crippen LogP contribution >= 0.6 is 0 Å². The Bertz CT molecular complexity index is 973. The zero-order valence-corrected chi connectivity index (χ0v) is 14.9. The van der Waals surface area contributed by atoms with Gasteiger partial charge in [-0.3, -0.25) is 0 Å². The lowest BCUT2D eigenvalue weighted by Crippen LogP contribution is -2.24. The summed E-state index contributed by atoms with van der Waals surface area (Å²) in [5.74, 6) is 0. The van der Waals surface area contributed by atoms with E-state index in [0.717, 1.165) is 12.0 Å². The molecule has 0 amide bonds. The second-order valence-electron chi connectivity index (χ2n) is 6.34. The Kier molecular flexibility index (Phi) is 5.01. The largest absolute Gasteiger partial charge is 0.433 e. The molecule has 0 aliphatic carbocycles. The first kappa shape index (κ1) is 16.8. The van der Waals surface area contributed by atoms with Crippen molar-refractivity contribution in [3.63, 3.8) is 0 Å². The van der Waals surface area contributed by atoms with Crippen molar-refractivity contribution in [3.05, 3.63) is 78.9 Å². The Hall–Kier alpha value is -2.62. The summed E-state index contributed by atoms with van der Waals surface area (Å²) in [4.78, 5) is 0. The van der Waals surface area contributed by atoms with Gasteiger partial charge < -0.3 is 9.97 Å². The topological polar surface area (TPSA) is 21.3 Å². The predicted molar refractivity (Wildman–Crippen MR) is 112 cm³/mol. The second-order valence-corrected chi connectivity index (χ2v) is 6.34. The van der Waals surface area contributed by atoms with Crippen LogP contribution in [0.4, 0.5) is 0 Å². The molecule has 3 heteroatoms. The summed E-state index contributed by atoms with van der Waals surface area (Å²) in [6.07, 6.45) is 0. The number of fused-ring (bicyclic) bond motifs is 2. The van der Waals surface area contributed by atoms with Crippen LogP contribution in [0.5, 0.6) is 0 Å². The van der Waals surface area contributed by atoms with E-state index in [0.29, 0.717) is 6.61 Å². The van der Waals surface area contributed by atoms with Crippen molar-refractivity contribution in [3.8, 4) is 11.1 Å². The van der Waals surface area contributed by atoms with E-state index in [1.54, 1.807) is 0 Å². The van der Waals surface area contributed by atoms with Crippen LogP contribution in [0.15, 0.2) is 78.9 Å². The molecular weight excluding hydrogens is 317 g/mol. The van der Waals surface area contributed by atoms with Crippen LogP contribution in [-0.4, -0.2) is 27.7 Å². The van der Waals surface area contributed by atoms with E-state index in [4.69, 9.17) is 4.65 Å². The maximum atomic E-state index is 5.83. The van der Waals surface area contributed by atoms with Gasteiger partial charge in [-0.25, -0.2) is 0 Å². The van der Waals surface area contributed by atoms with Gasteiger partial charge in [0.25, 0.3) is 0 Å². The molecule has 4 aromatic carbocycles. The van der Waals surface area contributed by atoms with Crippen molar-refractivity contribution >= 4 is 34.5 Å². The lowest BCUT2D eigenvalue weighted by Gasteiger charge is -2.16. The van der Waals surface area contributed by atoms with E-state index in [1.165, 1.54) is 32.7 Å². The SMILES string of the molecule is CNCCO[B]c1c2ccccc2c(-c2ccccc2)c2ccccc12. The van der Waals surface area contributed by atoms with Gasteiger partial charge in [-0.05, 0) is 45.2 Å². The average Bonchev–Trinajstić information content (AvgIpc) is 2.71. The van der Waals surface area contributed by atoms with Crippen LogP contribution in [0.25, 0.3) is 32.7 Å². The number of benzene rings is 4. The summed E-state index contributed by atoms with van der Waals surface area (Å²) in [6.45, 7) is 1.48. The van der Waals surface area contributed by atoms with Crippen molar-refractivity contribution < 1.29 is 4.65 Å². The van der Waals surface area contributed by atoms with Crippen molar-refractivity contribution in [2.75, 3.05) is 20.2 Å². The standard InChI is InChI=1S/C23H21BNO/c1-25-15-16-26-24-23-20-13-7-5-11-18(20)22(17-9-3-2-4-10-17)19-12-6-8-14-21(19)23/h2-14,25H,15-16H2,1H3. The van der Waals surface area contributed by atoms with Gasteiger partial charge in [0, 0.05) is 13.2 Å². The van der Waals surface area contributed by atoms with Gasteiger partial charge in [0.15, 0.2) is 0 Å². The minimum absolute atomic E-state index is 0.652. The number of rotatable bonds is 6. The minimum atomic E-state index is 0.652. The van der Waals surface area contributed by atoms with Crippen molar-refractivity contribution in [2.45, 2.75) is 0 Å². The molecule has 0 saturated carbocycles. The first-order valence-corrected chi connectivity index (χ1v) is 8.98. The Labute approximate surface area is 155 Å². The highest BCUT2D eigenvalue weighted by Gasteiger charge is 2.15. The molecular formula is C23H21BNO. The number of likely N-dealkylation sites (N-methyl/N-ethyl adjacent to an activating group) is 1. The lowest BCUT2D eigenvalue weighted by atomic mass is 9.77. The summed E-state index contributed by atoms with van der Waals surface area (Å²) < 4.78 is 5.83. The molecule has 0 aliphatic heterocycles. The van der Waals surface area contributed by atoms with Gasteiger partial charge in [-0.1, -0.05) is 78.9 Å². The number of nitrogens with one attached hydrogen (secondary N) is 1. The fourth-order valence-electron chi connectivity index (χ4n) is 3.51. The summed E-state index contributed by atoms with van der Waals surface area (Å²) in [5, 5.41) is 8.05. The van der Waals surface area contributed by atoms with Gasteiger partial charge in [-0.15, -0.1) is 0 Å². The van der Waals surface area contributed by atoms with Gasteiger partial charge in [0.2, 0.25) is 0 Å². The highest BCUT2D eigenvalue weighted by Crippen LogP contribution is 2.35. The predicted octanol–water partition coefficient (Wildman–Crippen LogP) is 4.14. The van der Waals surface area contributed by atoms with Crippen LogP contribution in [-0.2, 0) is 4.65 Å². The third kappa shape index (κ3) is 3.12. The minimum Gasteiger partial charge on any atom is -0.433 e. The Balaban J connectivity index is 1.97. The highest BCUT2D eigenvalue weighted by atomic mass is 16.4. The molecule has 4 rings (SSSR count). The van der Waals surface area contributed by atoms with Crippen LogP contribution in [0.2, 0.25) is 0 Å². The normalized spacial score (nSPS) is 11.1. The van der Waals surface area contributed by atoms with Gasteiger partial charge in [-0.2, -0.15) is 0 Å². The molecule has 0 heterocycles. The maximum Gasteiger partial charge on any atom is 0.331 e. The molecule has 26 heavy (non-hydrogen) atoms. The molecule has 0 fully saturated rings. The molecule has 4 aromatic rings. The van der Waals surface area contributed by atoms with Crippen LogP contribution in [0, 0.1) is 0 Å². The van der Waals surface area contributed by atoms with E-state index in [2.05, 4.69) is 84.2 Å². The van der Waals surface area contributed by atoms with E-state index >= 15 is 0 Å². The molecule has 1 N–H and O–H groups in total. The number of hydrogen-bond acceptors (Lipinski definition) is 2. The van der Waals surface area contributed by atoms with Crippen molar-refractivity contribution in [1.29, 1.82) is 0 Å². The zero-order chi connectivity index (χ0) is 17.8. The molecule has 1 radical (unpaired) electrons. The van der Waals surface area contributed by atoms with E-state index in [9.17, 15) is 0 Å². The fourth-order valence-corrected chi connectivity index (χ4v) is 3.51. The first-order valence-electron chi connectivity index (χ1n) is 8.98. The molecule has 127 valence electrons. The quantitative estimate of drug-likeness (QED) is 0.324. The van der Waals surface area contributed by atoms with E-state index < -0.39 is 0 Å². The zero-order valence-electron chi connectivity index (χ0n) is 14.9. The second kappa shape index (κ2) is 7.73. The Morgan fingerprint density at radius 2 is 1.27 bits per heavy atom. The van der Waals surface area contributed by atoms with Gasteiger partial charge in [0.05, 0.1) is 0 Å². The molecule has 0 aromatic heterocycles. The lowest BCUT2D eigenvalue weighted by molar-refractivity contribution is 0.342. The molecule has 0 aliphatic rings. The van der Waals surface area contributed by atoms with E-state index in [1.807, 2.05) is 14.5 Å². The highest BCUT2D eigenvalue weighted by molar-refractivity contribution is 6.56. The summed E-state index contributed by atoms with van der Waals surface area (Å²) in [7, 11) is 3.85. The van der Waals surface area contributed by atoms with Gasteiger partial charge >= 0.3 is 7.48 Å². The monoisotopic (exact) mass is 338 g/mol. The smallest absolute Gasteiger partial charge is 0.331 e. The Morgan fingerprint density at radius 1 is 0.731 bits per heavy atom. The third-order valence-corrected chi connectivity index (χ3v) is 4.71. The molecule has 0 bridgehead atoms. The number of hydrogen-bond donors (Lipinski definition) is 1. The van der Waals surface area contributed by atoms with Crippen molar-refractivity contribution in [2.24, 2.45) is 0 Å². The third-order valence-electron chi connectivity index (χ3n) is 4.71. The van der Waals surface area contributed by atoms with Gasteiger partial charge in [0.1, 0.15) is 0 Å². The van der Waals surface area contributed by atoms with Crippen LogP contribution < -0.4 is 10.8 Å². The molecule has 2 nitrogen and oxygen atoms in total. The maximum absolute atomic E-state index is 5.83. The molecule has 0 saturated heterocycles. The first-order chi connectivity index (χ1) is 12.9. The fraction of sp³-hybridized carbons (Fsp3) is 0.130. The average molecular weight is 338 g/mol. The van der Waals surface area contributed by atoms with Crippen molar-refractivity contribution in [1.82, 2.24) is 5.32 Å². The summed E-state index contributed by atoms with van der Waals surface area (Å²) in [6, 6.07) is 27.8. The molecule has 0 atom stereocenters.